The summed E-state index contributed by atoms with van der Waals surface area (Å²) in [6.45, 7) is 8.76. The van der Waals surface area contributed by atoms with Crippen molar-refractivity contribution in [3.8, 4) is 5.75 Å². The Morgan fingerprint density at radius 3 is 2.25 bits per heavy atom. The SMILES string of the molecule is COc1ccc(C(C)(C)[C@@H]2[C@@H](CCn3cc(CCO)nn3)O[C@]3(C(=O)N(Cc4ccc(N5CCC5=O)cc4)c4ccc(N5CCC5=O)cc43)[C@H]2C)cc1. The van der Waals surface area contributed by atoms with Crippen molar-refractivity contribution in [3.63, 3.8) is 0 Å². The second-order valence-corrected chi connectivity index (χ2v) is 15.2. The first-order valence-electron chi connectivity index (χ1n) is 18.5. The number of hydrogen-bond donors (Lipinski definition) is 1. The van der Waals surface area contributed by atoms with E-state index in [1.54, 1.807) is 21.6 Å². The van der Waals surface area contributed by atoms with E-state index >= 15 is 4.79 Å². The number of aliphatic hydroxyl groups is 1. The number of carbonyl (C=O) groups is 3. The molecule has 1 spiro atoms. The molecule has 4 atom stereocenters. The Hall–Kier alpha value is -5.07. The molecule has 4 aliphatic rings. The molecule has 0 aliphatic carbocycles. The third-order valence-corrected chi connectivity index (χ3v) is 12.0. The van der Waals surface area contributed by atoms with Crippen LogP contribution in [0.5, 0.6) is 5.75 Å². The molecule has 276 valence electrons. The number of rotatable bonds is 12. The molecule has 3 fully saturated rings. The van der Waals surface area contributed by atoms with Crippen molar-refractivity contribution in [2.45, 2.75) is 76.7 Å². The molecule has 4 aromatic rings. The van der Waals surface area contributed by atoms with Gasteiger partial charge in [0.05, 0.1) is 31.1 Å². The first kappa shape index (κ1) is 35.0. The molecular weight excluding hydrogens is 672 g/mol. The van der Waals surface area contributed by atoms with Crippen molar-refractivity contribution in [2.75, 3.05) is 41.5 Å². The number of ether oxygens (including phenoxy) is 2. The van der Waals surface area contributed by atoms with Gasteiger partial charge in [-0.05, 0) is 65.4 Å². The molecule has 1 aromatic heterocycles. The van der Waals surface area contributed by atoms with E-state index in [1.807, 2.05) is 65.7 Å². The van der Waals surface area contributed by atoms with Crippen LogP contribution >= 0.6 is 0 Å². The third kappa shape index (κ3) is 5.79. The Morgan fingerprint density at radius 1 is 0.943 bits per heavy atom. The molecule has 12 nitrogen and oxygen atoms in total. The molecule has 3 saturated heterocycles. The lowest BCUT2D eigenvalue weighted by atomic mass is 9.63. The number of hydrogen-bond acceptors (Lipinski definition) is 8. The topological polar surface area (TPSA) is 130 Å². The minimum Gasteiger partial charge on any atom is -0.497 e. The maximum atomic E-state index is 15.3. The van der Waals surface area contributed by atoms with Crippen LogP contribution in [0.25, 0.3) is 0 Å². The maximum Gasteiger partial charge on any atom is 0.264 e. The van der Waals surface area contributed by atoms with Gasteiger partial charge in [0.1, 0.15) is 5.75 Å². The highest BCUT2D eigenvalue weighted by atomic mass is 16.5. The average Bonchev–Trinajstić information content (AvgIpc) is 3.80. The zero-order valence-electron chi connectivity index (χ0n) is 30.7. The number of fused-ring (bicyclic) bond motifs is 2. The van der Waals surface area contributed by atoms with Crippen LogP contribution in [-0.4, -0.2) is 70.7 Å². The van der Waals surface area contributed by atoms with Gasteiger partial charge >= 0.3 is 0 Å². The fourth-order valence-electron chi connectivity index (χ4n) is 8.97. The highest BCUT2D eigenvalue weighted by molar-refractivity contribution is 6.09. The van der Waals surface area contributed by atoms with Crippen LogP contribution in [0.4, 0.5) is 17.1 Å². The van der Waals surface area contributed by atoms with Crippen molar-refractivity contribution in [2.24, 2.45) is 11.8 Å². The molecule has 12 heteroatoms. The van der Waals surface area contributed by atoms with Crippen LogP contribution in [0.15, 0.2) is 72.9 Å². The van der Waals surface area contributed by atoms with Gasteiger partial charge in [0.25, 0.3) is 5.91 Å². The minimum atomic E-state index is -1.31. The Kier molecular flexibility index (Phi) is 8.85. The van der Waals surface area contributed by atoms with Crippen LogP contribution in [-0.2, 0) is 49.6 Å². The largest absolute Gasteiger partial charge is 0.497 e. The van der Waals surface area contributed by atoms with Gasteiger partial charge in [-0.2, -0.15) is 0 Å². The lowest BCUT2D eigenvalue weighted by Crippen LogP contribution is -2.46. The van der Waals surface area contributed by atoms with E-state index in [0.717, 1.165) is 39.5 Å². The third-order valence-electron chi connectivity index (χ3n) is 12.0. The summed E-state index contributed by atoms with van der Waals surface area (Å²) in [6.07, 6.45) is 3.56. The molecule has 5 heterocycles. The van der Waals surface area contributed by atoms with Crippen LogP contribution < -0.4 is 19.4 Å². The number of nitrogens with zero attached hydrogens (tertiary/aromatic N) is 6. The number of β-lactam (4-membered cyclic amide) rings is 2. The van der Waals surface area contributed by atoms with Gasteiger partial charge in [0, 0.05) is 80.5 Å². The maximum absolute atomic E-state index is 15.3. The zero-order valence-corrected chi connectivity index (χ0v) is 30.7. The number of aliphatic hydroxyl groups excluding tert-OH is 1. The summed E-state index contributed by atoms with van der Waals surface area (Å²) in [6, 6.07) is 21.8. The van der Waals surface area contributed by atoms with Crippen LogP contribution in [0, 0.1) is 11.8 Å². The van der Waals surface area contributed by atoms with Gasteiger partial charge in [-0.1, -0.05) is 50.3 Å². The molecule has 4 aliphatic heterocycles. The molecule has 0 radical (unpaired) electrons. The number of carbonyl (C=O) groups excluding carboxylic acids is 3. The molecule has 8 rings (SSSR count). The van der Waals surface area contributed by atoms with Gasteiger partial charge in [0.2, 0.25) is 11.8 Å². The Labute approximate surface area is 309 Å². The lowest BCUT2D eigenvalue weighted by molar-refractivity contribution is -0.146. The van der Waals surface area contributed by atoms with Gasteiger partial charge in [0.15, 0.2) is 5.60 Å². The predicted octanol–water partition coefficient (Wildman–Crippen LogP) is 4.76. The second-order valence-electron chi connectivity index (χ2n) is 15.2. The first-order valence-corrected chi connectivity index (χ1v) is 18.5. The Morgan fingerprint density at radius 2 is 1.62 bits per heavy atom. The van der Waals surface area contributed by atoms with Crippen molar-refractivity contribution < 1.29 is 29.0 Å². The highest BCUT2D eigenvalue weighted by Gasteiger charge is 2.66. The summed E-state index contributed by atoms with van der Waals surface area (Å²) in [5.41, 5.74) is 4.17. The zero-order chi connectivity index (χ0) is 37.1. The summed E-state index contributed by atoms with van der Waals surface area (Å²) in [4.78, 5) is 45.4. The van der Waals surface area contributed by atoms with Crippen molar-refractivity contribution in [1.29, 1.82) is 0 Å². The summed E-state index contributed by atoms with van der Waals surface area (Å²) >= 11 is 0. The number of aryl methyl sites for hydroxylation is 1. The van der Waals surface area contributed by atoms with E-state index in [1.165, 1.54) is 0 Å². The van der Waals surface area contributed by atoms with Crippen molar-refractivity contribution in [1.82, 2.24) is 15.0 Å². The molecular formula is C41H46N6O6. The van der Waals surface area contributed by atoms with Crippen molar-refractivity contribution >= 4 is 34.8 Å². The lowest BCUT2D eigenvalue weighted by Gasteiger charge is -2.39. The second kappa shape index (κ2) is 13.4. The summed E-state index contributed by atoms with van der Waals surface area (Å²) in [5.74, 6) is 0.429. The molecule has 0 saturated carbocycles. The van der Waals surface area contributed by atoms with E-state index in [9.17, 15) is 14.7 Å². The number of aromatic nitrogens is 3. The smallest absolute Gasteiger partial charge is 0.264 e. The molecule has 1 N–H and O–H groups in total. The van der Waals surface area contributed by atoms with E-state index in [-0.39, 0.29) is 42.3 Å². The Bertz CT molecular complexity index is 2040. The standard InChI is InChI=1S/C41H46N6O6/c1-26-38(40(2,3)28-7-12-32(52-4)13-8-28)35(15-19-44-25-29(18-22-48)42-43-44)53-41(26)33-23-31(46-21-17-37(46)50)11-14-34(33)47(39(41)51)24-27-5-9-30(10-6-27)45-20-16-36(45)49/h5-14,23,25-26,35,38,48H,15-22,24H2,1-4H3/t26-,35+,38-,41+/m0/s1. The monoisotopic (exact) mass is 718 g/mol. The average molecular weight is 719 g/mol. The van der Waals surface area contributed by atoms with Crippen LogP contribution in [0.1, 0.15) is 62.4 Å². The molecule has 3 amide bonds. The fraction of sp³-hybridized carbons (Fsp3) is 0.439. The Balaban J connectivity index is 1.19. The number of benzene rings is 3. The molecule has 0 unspecified atom stereocenters. The van der Waals surface area contributed by atoms with Crippen LogP contribution in [0.3, 0.4) is 0 Å². The normalized spacial score (nSPS) is 23.8. The van der Waals surface area contributed by atoms with E-state index < -0.39 is 11.0 Å². The summed E-state index contributed by atoms with van der Waals surface area (Å²) in [5, 5.41) is 18.0. The number of amides is 3. The summed E-state index contributed by atoms with van der Waals surface area (Å²) < 4.78 is 14.6. The van der Waals surface area contributed by atoms with E-state index in [2.05, 4.69) is 43.2 Å². The van der Waals surface area contributed by atoms with Gasteiger partial charge in [-0.3, -0.25) is 19.1 Å². The molecule has 3 aromatic carbocycles. The number of anilines is 3. The van der Waals surface area contributed by atoms with Gasteiger partial charge < -0.3 is 29.3 Å². The predicted molar refractivity (Wildman–Crippen MR) is 199 cm³/mol. The fourth-order valence-corrected chi connectivity index (χ4v) is 8.97. The highest BCUT2D eigenvalue weighted by Crippen LogP contribution is 2.60. The van der Waals surface area contributed by atoms with E-state index in [4.69, 9.17) is 9.47 Å². The first-order chi connectivity index (χ1) is 25.5. The summed E-state index contributed by atoms with van der Waals surface area (Å²) in [7, 11) is 1.65. The van der Waals surface area contributed by atoms with Gasteiger partial charge in [-0.15, -0.1) is 5.10 Å². The van der Waals surface area contributed by atoms with Gasteiger partial charge in [-0.25, -0.2) is 0 Å². The van der Waals surface area contributed by atoms with E-state index in [0.29, 0.717) is 57.6 Å². The molecule has 53 heavy (non-hydrogen) atoms. The minimum absolute atomic E-state index is 0.00607. The molecule has 0 bridgehead atoms. The quantitative estimate of drug-likeness (QED) is 0.208. The van der Waals surface area contributed by atoms with Crippen LogP contribution in [0.2, 0.25) is 0 Å². The van der Waals surface area contributed by atoms with Crippen molar-refractivity contribution in [3.05, 3.63) is 95.3 Å². The number of methoxy groups -OCH3 is 1.